The molecular weight excluding hydrogens is 388 g/mol. The van der Waals surface area contributed by atoms with E-state index in [2.05, 4.69) is 34.5 Å². The van der Waals surface area contributed by atoms with Gasteiger partial charge >= 0.3 is 0 Å². The first-order valence-corrected chi connectivity index (χ1v) is 10.9. The van der Waals surface area contributed by atoms with Gasteiger partial charge in [0.15, 0.2) is 0 Å². The highest BCUT2D eigenvalue weighted by Gasteiger charge is 2.23. The van der Waals surface area contributed by atoms with Crippen molar-refractivity contribution in [3.63, 3.8) is 0 Å². The molecule has 1 aliphatic heterocycles. The Bertz CT molecular complexity index is 1020. The van der Waals surface area contributed by atoms with Crippen LogP contribution in [-0.4, -0.2) is 50.8 Å². The second kappa shape index (κ2) is 9.94. The van der Waals surface area contributed by atoms with E-state index in [0.717, 1.165) is 60.5 Å². The highest BCUT2D eigenvalue weighted by atomic mass is 16.5. The zero-order chi connectivity index (χ0) is 21.6. The van der Waals surface area contributed by atoms with Crippen LogP contribution in [0.2, 0.25) is 0 Å². The Labute approximate surface area is 184 Å². The van der Waals surface area contributed by atoms with Crippen LogP contribution < -0.4 is 10.1 Å². The summed E-state index contributed by atoms with van der Waals surface area (Å²) in [6, 6.07) is 22.3. The Hall–Kier alpha value is -2.89. The second-order valence-electron chi connectivity index (χ2n) is 8.08. The van der Waals surface area contributed by atoms with Gasteiger partial charge in [-0.1, -0.05) is 54.6 Å². The molecule has 0 aromatic heterocycles. The Kier molecular flexibility index (Phi) is 6.85. The number of morpholine rings is 1. The first-order valence-electron chi connectivity index (χ1n) is 10.9. The summed E-state index contributed by atoms with van der Waals surface area (Å²) in [5.74, 6) is 0.622. The molecule has 5 heteroatoms. The van der Waals surface area contributed by atoms with Gasteiger partial charge in [0.2, 0.25) is 5.91 Å². The lowest BCUT2D eigenvalue weighted by Gasteiger charge is -2.31. The maximum Gasteiger partial charge on any atom is 0.227 e. The molecule has 3 aromatic carbocycles. The Morgan fingerprint density at radius 1 is 1.00 bits per heavy atom. The van der Waals surface area contributed by atoms with Crippen LogP contribution in [0.1, 0.15) is 30.0 Å². The van der Waals surface area contributed by atoms with Crippen LogP contribution in [0, 0.1) is 0 Å². The van der Waals surface area contributed by atoms with Gasteiger partial charge in [-0.15, -0.1) is 0 Å². The second-order valence-corrected chi connectivity index (χ2v) is 8.08. The molecule has 4 rings (SSSR count). The van der Waals surface area contributed by atoms with Crippen molar-refractivity contribution in [2.24, 2.45) is 0 Å². The Balaban J connectivity index is 1.51. The number of ether oxygens (including phenoxy) is 2. The van der Waals surface area contributed by atoms with Crippen LogP contribution >= 0.6 is 0 Å². The molecule has 1 aliphatic rings. The molecule has 0 saturated carbocycles. The first kappa shape index (κ1) is 21.3. The van der Waals surface area contributed by atoms with Gasteiger partial charge in [0.1, 0.15) is 5.75 Å². The fourth-order valence-corrected chi connectivity index (χ4v) is 4.05. The molecule has 0 spiro atoms. The molecule has 3 aromatic rings. The number of hydrogen-bond donors (Lipinski definition) is 1. The number of nitrogens with zero attached hydrogens (tertiary/aromatic N) is 1. The highest BCUT2D eigenvalue weighted by Crippen LogP contribution is 2.26. The minimum atomic E-state index is -0.248. The summed E-state index contributed by atoms with van der Waals surface area (Å²) in [6.07, 6.45) is 0. The van der Waals surface area contributed by atoms with Gasteiger partial charge in [-0.25, -0.2) is 0 Å². The number of rotatable bonds is 7. The molecule has 5 nitrogen and oxygen atoms in total. The molecule has 1 N–H and O–H groups in total. The summed E-state index contributed by atoms with van der Waals surface area (Å²) in [6.45, 7) is 6.02. The number of fused-ring (bicyclic) bond motifs is 1. The fourth-order valence-electron chi connectivity index (χ4n) is 4.05. The average molecular weight is 419 g/mol. The minimum absolute atomic E-state index is 0.0370. The zero-order valence-electron chi connectivity index (χ0n) is 18.2. The van der Waals surface area contributed by atoms with Crippen LogP contribution in [0.25, 0.3) is 10.8 Å². The first-order chi connectivity index (χ1) is 15.1. The molecule has 0 aliphatic carbocycles. The number of benzene rings is 3. The normalized spacial score (nSPS) is 16.6. The summed E-state index contributed by atoms with van der Waals surface area (Å²) < 4.78 is 10.8. The maximum atomic E-state index is 13.2. The molecule has 1 fully saturated rings. The van der Waals surface area contributed by atoms with Crippen molar-refractivity contribution in [3.05, 3.63) is 77.9 Å². The van der Waals surface area contributed by atoms with E-state index in [0.29, 0.717) is 0 Å². The molecule has 0 radical (unpaired) electrons. The number of nitrogens with one attached hydrogen (secondary N) is 1. The summed E-state index contributed by atoms with van der Waals surface area (Å²) >= 11 is 0. The van der Waals surface area contributed by atoms with E-state index >= 15 is 0 Å². The van der Waals surface area contributed by atoms with Crippen molar-refractivity contribution in [1.29, 1.82) is 0 Å². The number of amides is 1. The topological polar surface area (TPSA) is 50.8 Å². The lowest BCUT2D eigenvalue weighted by Crippen LogP contribution is -2.43. The van der Waals surface area contributed by atoms with Crippen molar-refractivity contribution in [3.8, 4) is 5.75 Å². The van der Waals surface area contributed by atoms with Crippen LogP contribution in [0.15, 0.2) is 66.7 Å². The van der Waals surface area contributed by atoms with Gasteiger partial charge in [0.25, 0.3) is 0 Å². The minimum Gasteiger partial charge on any atom is -0.497 e. The van der Waals surface area contributed by atoms with Crippen LogP contribution in [0.4, 0.5) is 0 Å². The molecule has 31 heavy (non-hydrogen) atoms. The Morgan fingerprint density at radius 3 is 2.45 bits per heavy atom. The molecule has 1 heterocycles. The lowest BCUT2D eigenvalue weighted by atomic mass is 9.96. The Morgan fingerprint density at radius 2 is 1.71 bits per heavy atom. The van der Waals surface area contributed by atoms with Crippen molar-refractivity contribution in [2.45, 2.75) is 18.9 Å². The van der Waals surface area contributed by atoms with Crippen molar-refractivity contribution in [1.82, 2.24) is 10.2 Å². The number of carbonyl (C=O) groups is 1. The third-order valence-corrected chi connectivity index (χ3v) is 6.03. The molecular formula is C26H30N2O3. The van der Waals surface area contributed by atoms with E-state index in [9.17, 15) is 4.79 Å². The predicted octanol–water partition coefficient (Wildman–Crippen LogP) is 4.14. The average Bonchev–Trinajstić information content (AvgIpc) is 2.83. The van der Waals surface area contributed by atoms with Crippen LogP contribution in [0.5, 0.6) is 5.75 Å². The maximum absolute atomic E-state index is 13.2. The molecule has 0 bridgehead atoms. The molecule has 162 valence electrons. The number of hydrogen-bond acceptors (Lipinski definition) is 4. The third kappa shape index (κ3) is 5.24. The van der Waals surface area contributed by atoms with E-state index in [1.165, 1.54) is 0 Å². The fraction of sp³-hybridized carbons (Fsp3) is 0.346. The van der Waals surface area contributed by atoms with Crippen LogP contribution in [0.3, 0.4) is 0 Å². The molecule has 1 saturated heterocycles. The van der Waals surface area contributed by atoms with E-state index < -0.39 is 0 Å². The summed E-state index contributed by atoms with van der Waals surface area (Å²) in [7, 11) is 1.67. The van der Waals surface area contributed by atoms with E-state index in [1.54, 1.807) is 7.11 Å². The van der Waals surface area contributed by atoms with Gasteiger partial charge in [-0.05, 0) is 41.0 Å². The van der Waals surface area contributed by atoms with Gasteiger partial charge in [-0.3, -0.25) is 9.69 Å². The van der Waals surface area contributed by atoms with Crippen molar-refractivity contribution >= 4 is 16.7 Å². The highest BCUT2D eigenvalue weighted by molar-refractivity contribution is 5.88. The SMILES string of the molecule is COc1ccc2cc([C@H](C)C(=O)NC(CN3CCOCC3)c3ccccc3)ccc2c1. The number of methoxy groups -OCH3 is 1. The monoisotopic (exact) mass is 418 g/mol. The van der Waals surface area contributed by atoms with E-state index in [-0.39, 0.29) is 17.9 Å². The molecule has 1 unspecified atom stereocenters. The van der Waals surface area contributed by atoms with Crippen LogP contribution in [-0.2, 0) is 9.53 Å². The standard InChI is InChI=1S/C26H30N2O3/c1-19(21-8-9-23-17-24(30-2)11-10-22(23)16-21)26(29)27-25(20-6-4-3-5-7-20)18-28-12-14-31-15-13-28/h3-11,16-17,19,25H,12-15,18H2,1-2H3,(H,27,29)/t19-,25?/m0/s1. The van der Waals surface area contributed by atoms with Gasteiger partial charge in [-0.2, -0.15) is 0 Å². The zero-order valence-corrected chi connectivity index (χ0v) is 18.2. The number of carbonyl (C=O) groups excluding carboxylic acids is 1. The quantitative estimate of drug-likeness (QED) is 0.627. The third-order valence-electron chi connectivity index (χ3n) is 6.03. The molecule has 2 atom stereocenters. The van der Waals surface area contributed by atoms with Gasteiger partial charge in [0, 0.05) is 19.6 Å². The van der Waals surface area contributed by atoms with E-state index in [4.69, 9.17) is 9.47 Å². The van der Waals surface area contributed by atoms with Gasteiger partial charge in [0.05, 0.1) is 32.3 Å². The summed E-state index contributed by atoms with van der Waals surface area (Å²) in [5.41, 5.74) is 2.13. The largest absolute Gasteiger partial charge is 0.497 e. The summed E-state index contributed by atoms with van der Waals surface area (Å²) in [4.78, 5) is 15.6. The van der Waals surface area contributed by atoms with Crippen molar-refractivity contribution in [2.75, 3.05) is 40.0 Å². The summed E-state index contributed by atoms with van der Waals surface area (Å²) in [5, 5.41) is 5.51. The van der Waals surface area contributed by atoms with Crippen molar-refractivity contribution < 1.29 is 14.3 Å². The molecule has 1 amide bonds. The smallest absolute Gasteiger partial charge is 0.227 e. The lowest BCUT2D eigenvalue weighted by molar-refractivity contribution is -0.123. The van der Waals surface area contributed by atoms with E-state index in [1.807, 2.05) is 49.4 Å². The predicted molar refractivity (Wildman–Crippen MR) is 123 cm³/mol. The van der Waals surface area contributed by atoms with Gasteiger partial charge < -0.3 is 14.8 Å².